The number of nitrogens with one attached hydrogen (secondary N) is 1. The van der Waals surface area contributed by atoms with E-state index in [1.165, 1.54) is 23.4 Å². The van der Waals surface area contributed by atoms with E-state index in [1.807, 2.05) is 12.6 Å². The van der Waals surface area contributed by atoms with Crippen LogP contribution in [0.2, 0.25) is 0 Å². The van der Waals surface area contributed by atoms with Crippen LogP contribution in [0.3, 0.4) is 0 Å². The first-order valence-corrected chi connectivity index (χ1v) is 4.86. The minimum absolute atomic E-state index is 0.657. The van der Waals surface area contributed by atoms with Gasteiger partial charge in [-0.25, -0.2) is 4.98 Å². The van der Waals surface area contributed by atoms with Crippen molar-refractivity contribution in [3.63, 3.8) is 0 Å². The van der Waals surface area contributed by atoms with E-state index >= 15 is 0 Å². The molecule has 60 valence electrons. The van der Waals surface area contributed by atoms with Crippen molar-refractivity contribution in [2.75, 3.05) is 7.05 Å². The predicted octanol–water partition coefficient (Wildman–Crippen LogP) is 1.22. The molecule has 0 saturated carbocycles. The number of rotatable bonds is 1. The molecule has 1 atom stereocenters. The molecule has 3 heteroatoms. The Kier molecular flexibility index (Phi) is 1.92. The number of hydrogen-bond donors (Lipinski definition) is 1. The van der Waals surface area contributed by atoms with Crippen molar-refractivity contribution in [1.82, 2.24) is 10.3 Å². The molecular weight excluding hydrogens is 156 g/mol. The summed E-state index contributed by atoms with van der Waals surface area (Å²) in [6, 6.07) is 0.657. The summed E-state index contributed by atoms with van der Waals surface area (Å²) in [4.78, 5) is 5.83. The summed E-state index contributed by atoms with van der Waals surface area (Å²) in [5.74, 6) is 0. The Morgan fingerprint density at radius 2 is 2.64 bits per heavy atom. The van der Waals surface area contributed by atoms with Gasteiger partial charge in [0, 0.05) is 17.3 Å². The Morgan fingerprint density at radius 3 is 3.45 bits per heavy atom. The molecule has 1 aromatic heterocycles. The van der Waals surface area contributed by atoms with E-state index in [9.17, 15) is 0 Å². The minimum atomic E-state index is 0.657. The molecule has 0 fully saturated rings. The summed E-state index contributed by atoms with van der Waals surface area (Å²) >= 11 is 1.80. The van der Waals surface area contributed by atoms with Crippen molar-refractivity contribution < 1.29 is 0 Å². The van der Waals surface area contributed by atoms with Gasteiger partial charge in [-0.15, -0.1) is 11.3 Å². The lowest BCUT2D eigenvalue weighted by atomic mass is 9.98. The van der Waals surface area contributed by atoms with Gasteiger partial charge in [-0.1, -0.05) is 0 Å². The lowest BCUT2D eigenvalue weighted by molar-refractivity contribution is 0.494. The maximum Gasteiger partial charge on any atom is 0.0797 e. The second-order valence-corrected chi connectivity index (χ2v) is 3.89. The first-order chi connectivity index (χ1) is 5.40. The highest BCUT2D eigenvalue weighted by atomic mass is 32.1. The highest BCUT2D eigenvalue weighted by Gasteiger charge is 2.18. The third kappa shape index (κ3) is 1.30. The van der Waals surface area contributed by atoms with Crippen LogP contribution in [0.5, 0.6) is 0 Å². The van der Waals surface area contributed by atoms with Crippen molar-refractivity contribution in [3.8, 4) is 0 Å². The number of nitrogens with zero attached hydrogens (tertiary/aromatic N) is 1. The summed E-state index contributed by atoms with van der Waals surface area (Å²) in [5.41, 5.74) is 3.28. The summed E-state index contributed by atoms with van der Waals surface area (Å²) in [7, 11) is 2.03. The zero-order valence-electron chi connectivity index (χ0n) is 6.63. The van der Waals surface area contributed by atoms with Gasteiger partial charge in [0.05, 0.1) is 11.2 Å². The van der Waals surface area contributed by atoms with Crippen LogP contribution in [-0.2, 0) is 12.8 Å². The van der Waals surface area contributed by atoms with Crippen LogP contribution < -0.4 is 5.32 Å². The van der Waals surface area contributed by atoms with Crippen LogP contribution >= 0.6 is 11.3 Å². The summed E-state index contributed by atoms with van der Waals surface area (Å²) in [5, 5.41) is 3.30. The summed E-state index contributed by atoms with van der Waals surface area (Å²) in [6.07, 6.45) is 3.60. The largest absolute Gasteiger partial charge is 0.317 e. The molecule has 1 N–H and O–H groups in total. The molecule has 0 spiro atoms. The van der Waals surface area contributed by atoms with Gasteiger partial charge in [0.15, 0.2) is 0 Å². The third-order valence-electron chi connectivity index (χ3n) is 2.29. The SMILES string of the molecule is CNC1CCc2scnc2C1. The van der Waals surface area contributed by atoms with Gasteiger partial charge in [-0.2, -0.15) is 0 Å². The maximum atomic E-state index is 4.33. The van der Waals surface area contributed by atoms with E-state index in [2.05, 4.69) is 10.3 Å². The molecule has 2 rings (SSSR count). The smallest absolute Gasteiger partial charge is 0.0797 e. The van der Waals surface area contributed by atoms with Gasteiger partial charge in [0.25, 0.3) is 0 Å². The standard InChI is InChI=1S/C8H12N2S/c1-9-6-2-3-8-7(4-6)10-5-11-8/h5-6,9H,2-4H2,1H3. The van der Waals surface area contributed by atoms with Crippen LogP contribution in [0.15, 0.2) is 5.51 Å². The van der Waals surface area contributed by atoms with Crippen LogP contribution in [0.4, 0.5) is 0 Å². The Hall–Kier alpha value is -0.410. The Labute approximate surface area is 70.7 Å². The number of thiazole rings is 1. The van der Waals surface area contributed by atoms with E-state index < -0.39 is 0 Å². The normalized spacial score (nSPS) is 23.2. The van der Waals surface area contributed by atoms with Crippen LogP contribution in [0, 0.1) is 0 Å². The minimum Gasteiger partial charge on any atom is -0.317 e. The second-order valence-electron chi connectivity index (χ2n) is 2.95. The molecule has 1 aliphatic carbocycles. The molecule has 0 bridgehead atoms. The Balaban J connectivity index is 2.18. The van der Waals surface area contributed by atoms with Crippen LogP contribution in [-0.4, -0.2) is 18.1 Å². The molecular formula is C8H12N2S. The Bertz CT molecular complexity index is 244. The lowest BCUT2D eigenvalue weighted by Gasteiger charge is -2.19. The molecule has 0 amide bonds. The maximum absolute atomic E-state index is 4.33. The molecule has 11 heavy (non-hydrogen) atoms. The molecule has 1 aliphatic rings. The number of hydrogen-bond acceptors (Lipinski definition) is 3. The van der Waals surface area contributed by atoms with Crippen molar-refractivity contribution in [2.24, 2.45) is 0 Å². The number of likely N-dealkylation sites (N-methyl/N-ethyl adjacent to an activating group) is 1. The van der Waals surface area contributed by atoms with Crippen molar-refractivity contribution in [3.05, 3.63) is 16.1 Å². The molecule has 0 radical (unpaired) electrons. The average Bonchev–Trinajstić information content (AvgIpc) is 2.50. The van der Waals surface area contributed by atoms with Gasteiger partial charge < -0.3 is 5.32 Å². The predicted molar refractivity (Wildman–Crippen MR) is 47.0 cm³/mol. The molecule has 0 aliphatic heterocycles. The fraction of sp³-hybridized carbons (Fsp3) is 0.625. The van der Waals surface area contributed by atoms with Gasteiger partial charge in [-0.05, 0) is 19.9 Å². The Morgan fingerprint density at radius 1 is 1.73 bits per heavy atom. The molecule has 1 unspecified atom stereocenters. The molecule has 1 aromatic rings. The van der Waals surface area contributed by atoms with E-state index in [1.54, 1.807) is 11.3 Å². The topological polar surface area (TPSA) is 24.9 Å². The summed E-state index contributed by atoms with van der Waals surface area (Å²) < 4.78 is 0. The van der Waals surface area contributed by atoms with Crippen molar-refractivity contribution in [2.45, 2.75) is 25.3 Å². The zero-order chi connectivity index (χ0) is 7.68. The highest BCUT2D eigenvalue weighted by Crippen LogP contribution is 2.23. The van der Waals surface area contributed by atoms with Gasteiger partial charge in [0.1, 0.15) is 0 Å². The first-order valence-electron chi connectivity index (χ1n) is 3.98. The number of aromatic nitrogens is 1. The average molecular weight is 168 g/mol. The zero-order valence-corrected chi connectivity index (χ0v) is 7.45. The molecule has 1 heterocycles. The molecule has 0 saturated heterocycles. The van der Waals surface area contributed by atoms with E-state index in [0.29, 0.717) is 6.04 Å². The molecule has 0 aromatic carbocycles. The van der Waals surface area contributed by atoms with Gasteiger partial charge >= 0.3 is 0 Å². The van der Waals surface area contributed by atoms with E-state index in [0.717, 1.165) is 6.42 Å². The lowest BCUT2D eigenvalue weighted by Crippen LogP contribution is -2.31. The quantitative estimate of drug-likeness (QED) is 0.682. The molecule has 2 nitrogen and oxygen atoms in total. The van der Waals surface area contributed by atoms with Gasteiger partial charge in [0.2, 0.25) is 0 Å². The van der Waals surface area contributed by atoms with E-state index in [-0.39, 0.29) is 0 Å². The van der Waals surface area contributed by atoms with Crippen LogP contribution in [0.25, 0.3) is 0 Å². The highest BCUT2D eigenvalue weighted by molar-refractivity contribution is 7.09. The third-order valence-corrected chi connectivity index (χ3v) is 3.23. The fourth-order valence-electron chi connectivity index (χ4n) is 1.55. The number of aryl methyl sites for hydroxylation is 1. The number of fused-ring (bicyclic) bond motifs is 1. The van der Waals surface area contributed by atoms with Gasteiger partial charge in [-0.3, -0.25) is 0 Å². The van der Waals surface area contributed by atoms with Crippen LogP contribution in [0.1, 0.15) is 17.0 Å². The fourth-order valence-corrected chi connectivity index (χ4v) is 2.37. The van der Waals surface area contributed by atoms with E-state index in [4.69, 9.17) is 0 Å². The summed E-state index contributed by atoms with van der Waals surface area (Å²) in [6.45, 7) is 0. The van der Waals surface area contributed by atoms with Crippen molar-refractivity contribution in [1.29, 1.82) is 0 Å². The second kappa shape index (κ2) is 2.91. The monoisotopic (exact) mass is 168 g/mol. The first kappa shape index (κ1) is 7.25. The van der Waals surface area contributed by atoms with Crippen molar-refractivity contribution >= 4 is 11.3 Å².